The average molecular weight is 206 g/mol. The first-order valence-electron chi connectivity index (χ1n) is 5.17. The fraction of sp³-hybridized carbons (Fsp3) is 0.417. The lowest BCUT2D eigenvalue weighted by atomic mass is 10.0. The minimum absolute atomic E-state index is 0.157. The zero-order chi connectivity index (χ0) is 11.4. The molecule has 0 aromatic heterocycles. The Bertz CT molecular complexity index is 345. The van der Waals surface area contributed by atoms with E-state index >= 15 is 0 Å². The average Bonchev–Trinajstić information content (AvgIpc) is 2.18. The molecule has 3 nitrogen and oxygen atoms in total. The van der Waals surface area contributed by atoms with Crippen LogP contribution >= 0.6 is 0 Å². The third-order valence-corrected chi connectivity index (χ3v) is 2.23. The van der Waals surface area contributed by atoms with Crippen LogP contribution in [0.25, 0.3) is 0 Å². The van der Waals surface area contributed by atoms with E-state index in [2.05, 4.69) is 19.2 Å². The van der Waals surface area contributed by atoms with Gasteiger partial charge in [0.05, 0.1) is 6.04 Å². The molecule has 0 saturated heterocycles. The molecule has 0 heterocycles. The molecule has 0 spiro atoms. The minimum Gasteiger partial charge on any atom is -0.325 e. The maximum absolute atomic E-state index is 11.4. The van der Waals surface area contributed by atoms with Crippen molar-refractivity contribution < 1.29 is 4.79 Å². The van der Waals surface area contributed by atoms with Crippen LogP contribution in [0, 0.1) is 0 Å². The topological polar surface area (TPSA) is 55.1 Å². The van der Waals surface area contributed by atoms with Crippen LogP contribution in [0.3, 0.4) is 0 Å². The van der Waals surface area contributed by atoms with E-state index in [1.807, 2.05) is 24.3 Å². The molecule has 3 heteroatoms. The van der Waals surface area contributed by atoms with Crippen LogP contribution in [0.15, 0.2) is 24.3 Å². The van der Waals surface area contributed by atoms with Crippen molar-refractivity contribution in [2.24, 2.45) is 5.73 Å². The van der Waals surface area contributed by atoms with E-state index in [-0.39, 0.29) is 5.91 Å². The molecule has 82 valence electrons. The highest BCUT2D eigenvalue weighted by atomic mass is 16.2. The van der Waals surface area contributed by atoms with Crippen LogP contribution in [-0.2, 0) is 4.79 Å². The van der Waals surface area contributed by atoms with Gasteiger partial charge in [-0.25, -0.2) is 0 Å². The molecule has 1 aromatic rings. The summed E-state index contributed by atoms with van der Waals surface area (Å²) in [4.78, 5) is 11.4. The lowest BCUT2D eigenvalue weighted by Gasteiger charge is -2.10. The van der Waals surface area contributed by atoms with Crippen molar-refractivity contribution >= 4 is 11.6 Å². The molecule has 1 rings (SSSR count). The summed E-state index contributed by atoms with van der Waals surface area (Å²) >= 11 is 0. The number of amides is 1. The van der Waals surface area contributed by atoms with E-state index in [4.69, 9.17) is 5.73 Å². The normalized spacial score (nSPS) is 12.6. The molecule has 1 unspecified atom stereocenters. The second-order valence-electron chi connectivity index (χ2n) is 4.06. The summed E-state index contributed by atoms with van der Waals surface area (Å²) in [6, 6.07) is 7.35. The van der Waals surface area contributed by atoms with Gasteiger partial charge in [0.1, 0.15) is 0 Å². The van der Waals surface area contributed by atoms with Crippen LogP contribution in [0.5, 0.6) is 0 Å². The predicted octanol–water partition coefficient (Wildman–Crippen LogP) is 2.10. The van der Waals surface area contributed by atoms with Crippen LogP contribution in [0.4, 0.5) is 5.69 Å². The molecule has 1 aromatic carbocycles. The van der Waals surface area contributed by atoms with Gasteiger partial charge < -0.3 is 11.1 Å². The van der Waals surface area contributed by atoms with Gasteiger partial charge in [-0.2, -0.15) is 0 Å². The molecular weight excluding hydrogens is 188 g/mol. The van der Waals surface area contributed by atoms with Gasteiger partial charge in [-0.1, -0.05) is 26.0 Å². The van der Waals surface area contributed by atoms with Crippen molar-refractivity contribution in [3.63, 3.8) is 0 Å². The van der Waals surface area contributed by atoms with Crippen molar-refractivity contribution in [3.8, 4) is 0 Å². The summed E-state index contributed by atoms with van der Waals surface area (Å²) in [7, 11) is 0. The van der Waals surface area contributed by atoms with Crippen molar-refractivity contribution in [1.29, 1.82) is 0 Å². The van der Waals surface area contributed by atoms with Gasteiger partial charge in [-0.3, -0.25) is 4.79 Å². The Morgan fingerprint density at radius 1 is 1.33 bits per heavy atom. The van der Waals surface area contributed by atoms with Gasteiger partial charge in [0, 0.05) is 5.69 Å². The van der Waals surface area contributed by atoms with E-state index in [1.165, 1.54) is 5.56 Å². The molecule has 0 fully saturated rings. The number of benzene rings is 1. The number of rotatable bonds is 3. The summed E-state index contributed by atoms with van der Waals surface area (Å²) in [6.45, 7) is 5.90. The van der Waals surface area contributed by atoms with Crippen LogP contribution in [-0.4, -0.2) is 11.9 Å². The first-order valence-corrected chi connectivity index (χ1v) is 5.17. The zero-order valence-corrected chi connectivity index (χ0v) is 9.45. The quantitative estimate of drug-likeness (QED) is 0.795. The van der Waals surface area contributed by atoms with Gasteiger partial charge in [0.15, 0.2) is 0 Å². The SMILES string of the molecule is CC(N)C(=O)Nc1cccc(C(C)C)c1. The summed E-state index contributed by atoms with van der Waals surface area (Å²) in [5.41, 5.74) is 7.48. The molecule has 3 N–H and O–H groups in total. The lowest BCUT2D eigenvalue weighted by Crippen LogP contribution is -2.32. The number of hydrogen-bond donors (Lipinski definition) is 2. The molecule has 15 heavy (non-hydrogen) atoms. The number of nitrogens with two attached hydrogens (primary N) is 1. The van der Waals surface area contributed by atoms with Crippen molar-refractivity contribution in [1.82, 2.24) is 0 Å². The Hall–Kier alpha value is -1.35. The Kier molecular flexibility index (Phi) is 3.86. The maximum Gasteiger partial charge on any atom is 0.240 e. The minimum atomic E-state index is -0.479. The fourth-order valence-corrected chi connectivity index (χ4v) is 1.23. The van der Waals surface area contributed by atoms with Crippen LogP contribution < -0.4 is 11.1 Å². The third kappa shape index (κ3) is 3.36. The standard InChI is InChI=1S/C12H18N2O/c1-8(2)10-5-4-6-11(7-10)14-12(15)9(3)13/h4-9H,13H2,1-3H3,(H,14,15). The molecule has 0 aliphatic carbocycles. The molecule has 0 aliphatic rings. The first-order chi connectivity index (χ1) is 7.00. The molecule has 0 radical (unpaired) electrons. The van der Waals surface area contributed by atoms with Gasteiger partial charge in [-0.15, -0.1) is 0 Å². The summed E-state index contributed by atoms with van der Waals surface area (Å²) in [5, 5.41) is 2.77. The van der Waals surface area contributed by atoms with Crippen molar-refractivity contribution in [3.05, 3.63) is 29.8 Å². The largest absolute Gasteiger partial charge is 0.325 e. The summed E-state index contributed by atoms with van der Waals surface area (Å²) in [5.74, 6) is 0.299. The fourth-order valence-electron chi connectivity index (χ4n) is 1.23. The van der Waals surface area contributed by atoms with Crippen LogP contribution in [0.1, 0.15) is 32.3 Å². The number of carbonyl (C=O) groups excluding carboxylic acids is 1. The number of carbonyl (C=O) groups is 1. The molecule has 0 aliphatic heterocycles. The monoisotopic (exact) mass is 206 g/mol. The van der Waals surface area contributed by atoms with Gasteiger partial charge in [0.2, 0.25) is 5.91 Å². The molecule has 0 bridgehead atoms. The van der Waals surface area contributed by atoms with Gasteiger partial charge >= 0.3 is 0 Å². The highest BCUT2D eigenvalue weighted by Gasteiger charge is 2.07. The highest BCUT2D eigenvalue weighted by Crippen LogP contribution is 2.18. The van der Waals surface area contributed by atoms with Gasteiger partial charge in [0.25, 0.3) is 0 Å². The number of nitrogens with one attached hydrogen (secondary N) is 1. The molecule has 1 atom stereocenters. The van der Waals surface area contributed by atoms with E-state index in [0.717, 1.165) is 5.69 Å². The first kappa shape index (κ1) is 11.7. The second kappa shape index (κ2) is 4.94. The lowest BCUT2D eigenvalue weighted by molar-refractivity contribution is -0.117. The van der Waals surface area contributed by atoms with Crippen LogP contribution in [0.2, 0.25) is 0 Å². The van der Waals surface area contributed by atoms with Crippen molar-refractivity contribution in [2.75, 3.05) is 5.32 Å². The Morgan fingerprint density at radius 2 is 2.00 bits per heavy atom. The number of anilines is 1. The Morgan fingerprint density at radius 3 is 2.53 bits per heavy atom. The summed E-state index contributed by atoms with van der Waals surface area (Å²) in [6.07, 6.45) is 0. The molecular formula is C12H18N2O. The van der Waals surface area contributed by atoms with E-state index in [0.29, 0.717) is 5.92 Å². The van der Waals surface area contributed by atoms with Crippen molar-refractivity contribution in [2.45, 2.75) is 32.7 Å². The third-order valence-electron chi connectivity index (χ3n) is 2.23. The molecule has 1 amide bonds. The van der Waals surface area contributed by atoms with E-state index in [1.54, 1.807) is 6.92 Å². The van der Waals surface area contributed by atoms with Gasteiger partial charge in [-0.05, 0) is 30.5 Å². The second-order valence-corrected chi connectivity index (χ2v) is 4.06. The molecule has 0 saturated carbocycles. The summed E-state index contributed by atoms with van der Waals surface area (Å²) < 4.78 is 0. The smallest absolute Gasteiger partial charge is 0.240 e. The Labute approximate surface area is 90.7 Å². The van der Waals surface area contributed by atoms with E-state index in [9.17, 15) is 4.79 Å². The number of hydrogen-bond acceptors (Lipinski definition) is 2. The Balaban J connectivity index is 2.78. The predicted molar refractivity (Wildman–Crippen MR) is 62.8 cm³/mol. The maximum atomic E-state index is 11.4. The van der Waals surface area contributed by atoms with E-state index < -0.39 is 6.04 Å². The highest BCUT2D eigenvalue weighted by molar-refractivity contribution is 5.94. The zero-order valence-electron chi connectivity index (χ0n) is 9.45.